The van der Waals surface area contributed by atoms with Crippen LogP contribution in [0.5, 0.6) is 0 Å². The van der Waals surface area contributed by atoms with Gasteiger partial charge in [-0.15, -0.1) is 0 Å². The highest BCUT2D eigenvalue weighted by Gasteiger charge is 2.07. The van der Waals surface area contributed by atoms with Gasteiger partial charge in [0.2, 0.25) is 0 Å². The summed E-state index contributed by atoms with van der Waals surface area (Å²) in [6.45, 7) is 10.5. The van der Waals surface area contributed by atoms with Gasteiger partial charge in [-0.05, 0) is 31.9 Å². The van der Waals surface area contributed by atoms with Gasteiger partial charge < -0.3 is 0 Å². The highest BCUT2D eigenvalue weighted by molar-refractivity contribution is 5.77. The highest BCUT2D eigenvalue weighted by Crippen LogP contribution is 2.25. The lowest BCUT2D eigenvalue weighted by atomic mass is 10.00. The molecule has 0 spiro atoms. The first-order chi connectivity index (χ1) is 9.51. The van der Waals surface area contributed by atoms with Gasteiger partial charge in [-0.2, -0.15) is 5.10 Å². The van der Waals surface area contributed by atoms with Gasteiger partial charge in [0.1, 0.15) is 0 Å². The summed E-state index contributed by atoms with van der Waals surface area (Å²) in [7, 11) is 1.91. The van der Waals surface area contributed by atoms with Crippen LogP contribution in [-0.2, 0) is 7.05 Å². The van der Waals surface area contributed by atoms with Gasteiger partial charge in [0.15, 0.2) is 0 Å². The van der Waals surface area contributed by atoms with E-state index in [1.54, 1.807) is 4.68 Å². The van der Waals surface area contributed by atoms with Crippen molar-refractivity contribution in [1.29, 1.82) is 0 Å². The van der Waals surface area contributed by atoms with Gasteiger partial charge in [-0.3, -0.25) is 9.67 Å². The van der Waals surface area contributed by atoms with E-state index < -0.39 is 0 Å². The zero-order valence-corrected chi connectivity index (χ0v) is 12.6. The van der Waals surface area contributed by atoms with Crippen molar-refractivity contribution < 1.29 is 0 Å². The first-order valence-electron chi connectivity index (χ1n) is 6.83. The molecule has 0 aliphatic rings. The topological polar surface area (TPSA) is 30.7 Å². The molecule has 2 heterocycles. The van der Waals surface area contributed by atoms with E-state index >= 15 is 0 Å². The molecule has 0 unspecified atom stereocenters. The molecule has 0 saturated carbocycles. The molecular formula is C17H21N3. The summed E-state index contributed by atoms with van der Waals surface area (Å²) in [6.07, 6.45) is 8.91. The molecule has 104 valence electrons. The van der Waals surface area contributed by atoms with Crippen molar-refractivity contribution in [2.24, 2.45) is 7.05 Å². The third-order valence-corrected chi connectivity index (χ3v) is 3.45. The average molecular weight is 267 g/mol. The molecule has 0 N–H and O–H groups in total. The fourth-order valence-corrected chi connectivity index (χ4v) is 2.06. The van der Waals surface area contributed by atoms with E-state index in [4.69, 9.17) is 0 Å². The van der Waals surface area contributed by atoms with Crippen molar-refractivity contribution in [3.8, 4) is 11.1 Å². The summed E-state index contributed by atoms with van der Waals surface area (Å²) >= 11 is 0. The van der Waals surface area contributed by atoms with E-state index in [1.807, 2.05) is 32.6 Å². The van der Waals surface area contributed by atoms with E-state index in [0.717, 1.165) is 34.4 Å². The Morgan fingerprint density at radius 1 is 1.35 bits per heavy atom. The van der Waals surface area contributed by atoms with Gasteiger partial charge in [0.25, 0.3) is 0 Å². The minimum atomic E-state index is 1.00. The van der Waals surface area contributed by atoms with Crippen LogP contribution in [0.2, 0.25) is 0 Å². The summed E-state index contributed by atoms with van der Waals surface area (Å²) in [4.78, 5) is 4.49. The van der Waals surface area contributed by atoms with E-state index in [2.05, 4.69) is 42.7 Å². The average Bonchev–Trinajstić information content (AvgIpc) is 2.85. The lowest BCUT2D eigenvalue weighted by molar-refractivity contribution is 0.768. The molecule has 3 heteroatoms. The molecule has 2 aromatic heterocycles. The molecule has 0 fully saturated rings. The summed E-state index contributed by atoms with van der Waals surface area (Å²) in [5, 5.41) is 4.21. The van der Waals surface area contributed by atoms with E-state index in [-0.39, 0.29) is 0 Å². The van der Waals surface area contributed by atoms with Gasteiger partial charge in [-0.1, -0.05) is 25.2 Å². The van der Waals surface area contributed by atoms with Crippen molar-refractivity contribution in [2.75, 3.05) is 0 Å². The van der Waals surface area contributed by atoms with Crippen LogP contribution in [0.1, 0.15) is 31.5 Å². The Morgan fingerprint density at radius 2 is 2.10 bits per heavy atom. The molecule has 0 atom stereocenters. The maximum atomic E-state index is 4.49. The summed E-state index contributed by atoms with van der Waals surface area (Å²) in [5.41, 5.74) is 6.58. The molecule has 0 radical (unpaired) electrons. The summed E-state index contributed by atoms with van der Waals surface area (Å²) in [6, 6.07) is 2.14. The fourth-order valence-electron chi connectivity index (χ4n) is 2.06. The number of nitrogens with zero attached hydrogens (tertiary/aromatic N) is 3. The lowest BCUT2D eigenvalue weighted by Gasteiger charge is -2.08. The number of aryl methyl sites for hydroxylation is 2. The van der Waals surface area contributed by atoms with E-state index in [9.17, 15) is 0 Å². The smallest absolute Gasteiger partial charge is 0.0568 e. The van der Waals surface area contributed by atoms with E-state index in [0.29, 0.717) is 0 Å². The quantitative estimate of drug-likeness (QED) is 0.779. The molecule has 3 nitrogen and oxygen atoms in total. The number of pyridine rings is 1. The maximum Gasteiger partial charge on any atom is 0.0568 e. The highest BCUT2D eigenvalue weighted by atomic mass is 15.2. The second kappa shape index (κ2) is 5.87. The normalized spacial score (nSPS) is 11.7. The molecule has 20 heavy (non-hydrogen) atoms. The SMILES string of the molecule is C=C(/C=C(\C)CC)c1cc(-c2cnn(C)c2)cnc1C. The predicted molar refractivity (Wildman–Crippen MR) is 84.3 cm³/mol. The standard InChI is InChI=1S/C17H21N3/c1-6-12(2)7-13(3)17-8-15(9-18-14(17)4)16-10-19-20(5)11-16/h7-11H,3,6H2,1-2,4-5H3/b12-7+. The largest absolute Gasteiger partial charge is 0.275 e. The lowest BCUT2D eigenvalue weighted by Crippen LogP contribution is -1.92. The van der Waals surface area contributed by atoms with Gasteiger partial charge in [-0.25, -0.2) is 0 Å². The number of hydrogen-bond acceptors (Lipinski definition) is 2. The Labute approximate surface area is 120 Å². The first-order valence-corrected chi connectivity index (χ1v) is 6.83. The minimum Gasteiger partial charge on any atom is -0.275 e. The second-order valence-electron chi connectivity index (χ2n) is 5.13. The number of rotatable bonds is 4. The van der Waals surface area contributed by atoms with E-state index in [1.165, 1.54) is 5.57 Å². The number of allylic oxidation sites excluding steroid dienone is 3. The molecule has 0 saturated heterocycles. The Kier molecular flexibility index (Phi) is 4.18. The molecule has 2 rings (SSSR count). The van der Waals surface area contributed by atoms with Crippen LogP contribution in [-0.4, -0.2) is 14.8 Å². The Hall–Kier alpha value is -2.16. The van der Waals surface area contributed by atoms with Gasteiger partial charge >= 0.3 is 0 Å². The van der Waals surface area contributed by atoms with Crippen LogP contribution < -0.4 is 0 Å². The summed E-state index contributed by atoms with van der Waals surface area (Å²) < 4.78 is 1.80. The minimum absolute atomic E-state index is 1.00. The molecule has 0 aliphatic carbocycles. The molecule has 2 aromatic rings. The Morgan fingerprint density at radius 3 is 2.70 bits per heavy atom. The Balaban J connectivity index is 2.41. The van der Waals surface area contributed by atoms with Crippen molar-refractivity contribution in [1.82, 2.24) is 14.8 Å². The van der Waals surface area contributed by atoms with Crippen LogP contribution in [0.4, 0.5) is 0 Å². The second-order valence-corrected chi connectivity index (χ2v) is 5.13. The summed E-state index contributed by atoms with van der Waals surface area (Å²) in [5.74, 6) is 0. The number of hydrogen-bond donors (Lipinski definition) is 0. The molecule has 0 aliphatic heterocycles. The van der Waals surface area contributed by atoms with Crippen molar-refractivity contribution >= 4 is 5.57 Å². The zero-order chi connectivity index (χ0) is 14.7. The number of aromatic nitrogens is 3. The molecule has 0 aromatic carbocycles. The predicted octanol–water partition coefficient (Wildman–Crippen LogP) is 4.16. The van der Waals surface area contributed by atoms with Crippen molar-refractivity contribution in [3.63, 3.8) is 0 Å². The fraction of sp³-hybridized carbons (Fsp3) is 0.294. The van der Waals surface area contributed by atoms with Gasteiger partial charge in [0.05, 0.1) is 6.20 Å². The Bertz CT molecular complexity index is 663. The van der Waals surface area contributed by atoms with Crippen LogP contribution in [0, 0.1) is 6.92 Å². The molecule has 0 bridgehead atoms. The zero-order valence-electron chi connectivity index (χ0n) is 12.6. The maximum absolute atomic E-state index is 4.49. The molecular weight excluding hydrogens is 246 g/mol. The van der Waals surface area contributed by atoms with Gasteiger partial charge in [0, 0.05) is 41.8 Å². The van der Waals surface area contributed by atoms with Crippen LogP contribution in [0.3, 0.4) is 0 Å². The first kappa shape index (κ1) is 14.3. The van der Waals surface area contributed by atoms with Crippen molar-refractivity contribution in [2.45, 2.75) is 27.2 Å². The van der Waals surface area contributed by atoms with Crippen LogP contribution in [0.25, 0.3) is 16.7 Å². The third kappa shape index (κ3) is 3.05. The van der Waals surface area contributed by atoms with Crippen LogP contribution in [0.15, 0.2) is 42.9 Å². The van der Waals surface area contributed by atoms with Crippen molar-refractivity contribution in [3.05, 3.63) is 54.1 Å². The van der Waals surface area contributed by atoms with Crippen LogP contribution >= 0.6 is 0 Å². The third-order valence-electron chi connectivity index (χ3n) is 3.45. The molecule has 0 amide bonds. The monoisotopic (exact) mass is 267 g/mol.